The van der Waals surface area contributed by atoms with Crippen molar-refractivity contribution >= 4 is 11.3 Å². The number of fused-ring (bicyclic) bond motifs is 2. The van der Waals surface area contributed by atoms with Gasteiger partial charge in [0.05, 0.1) is 12.7 Å². The molecule has 0 saturated carbocycles. The van der Waals surface area contributed by atoms with Gasteiger partial charge in [0.25, 0.3) is 0 Å². The normalized spacial score (nSPS) is 30.0. The maximum absolute atomic E-state index is 13.2. The third kappa shape index (κ3) is 3.51. The van der Waals surface area contributed by atoms with Crippen molar-refractivity contribution in [2.24, 2.45) is 0 Å². The summed E-state index contributed by atoms with van der Waals surface area (Å²) in [6, 6.07) is 16.4. The molecule has 5 rings (SSSR count). The van der Waals surface area contributed by atoms with Crippen LogP contribution in [0.1, 0.15) is 28.5 Å². The number of aliphatic hydroxyl groups excluding tert-OH is 3. The summed E-state index contributed by atoms with van der Waals surface area (Å²) < 4.78 is 25.0. The molecular formula is C24H23FO5S. The Morgan fingerprint density at radius 3 is 2.58 bits per heavy atom. The van der Waals surface area contributed by atoms with Gasteiger partial charge >= 0.3 is 0 Å². The Hall–Kier alpha value is -2.13. The fraction of sp³-hybridized carbons (Fsp3) is 0.333. The van der Waals surface area contributed by atoms with E-state index in [0.29, 0.717) is 12.0 Å². The Labute approximate surface area is 183 Å². The van der Waals surface area contributed by atoms with E-state index < -0.39 is 30.2 Å². The van der Waals surface area contributed by atoms with Crippen LogP contribution in [-0.2, 0) is 28.3 Å². The number of halogens is 1. The maximum atomic E-state index is 13.2. The lowest BCUT2D eigenvalue weighted by molar-refractivity contribution is -0.362. The molecular weight excluding hydrogens is 419 g/mol. The lowest BCUT2D eigenvalue weighted by Gasteiger charge is -2.45. The highest BCUT2D eigenvalue weighted by molar-refractivity contribution is 7.15. The van der Waals surface area contributed by atoms with Crippen molar-refractivity contribution in [2.45, 2.75) is 50.2 Å². The SMILES string of the molecule is CC1OC2(OCc3ccc(Cc4ccc(-c5ccc(F)cc5)s4)cc32)C(O)C(O)C1O. The highest BCUT2D eigenvalue weighted by Gasteiger charge is 2.57. The average Bonchev–Trinajstić information content (AvgIpc) is 3.37. The fourth-order valence-corrected chi connectivity index (χ4v) is 5.38. The topological polar surface area (TPSA) is 79.2 Å². The van der Waals surface area contributed by atoms with Crippen molar-refractivity contribution < 1.29 is 29.2 Å². The van der Waals surface area contributed by atoms with Crippen LogP contribution in [0, 0.1) is 5.82 Å². The first-order valence-electron chi connectivity index (χ1n) is 10.2. The molecule has 1 saturated heterocycles. The summed E-state index contributed by atoms with van der Waals surface area (Å²) in [6.07, 6.45) is -3.97. The fourth-order valence-electron chi connectivity index (χ4n) is 4.34. The zero-order chi connectivity index (χ0) is 21.8. The molecule has 5 unspecified atom stereocenters. The van der Waals surface area contributed by atoms with Gasteiger partial charge in [0, 0.05) is 21.7 Å². The second-order valence-corrected chi connectivity index (χ2v) is 9.31. The highest BCUT2D eigenvalue weighted by atomic mass is 32.1. The molecule has 162 valence electrons. The first-order valence-corrected chi connectivity index (χ1v) is 11.0. The summed E-state index contributed by atoms with van der Waals surface area (Å²) >= 11 is 1.64. The van der Waals surface area contributed by atoms with E-state index in [4.69, 9.17) is 9.47 Å². The van der Waals surface area contributed by atoms with Crippen molar-refractivity contribution in [1.29, 1.82) is 0 Å². The Morgan fingerprint density at radius 1 is 1.03 bits per heavy atom. The zero-order valence-corrected chi connectivity index (χ0v) is 17.7. The molecule has 3 aromatic rings. The zero-order valence-electron chi connectivity index (χ0n) is 16.9. The standard InChI is InChI=1S/C24H23FO5S/c1-13-21(26)22(27)23(28)24(30-13)19-11-14(2-3-16(19)12-29-24)10-18-8-9-20(31-18)15-4-6-17(25)7-5-15/h2-9,11,13,21-23,26-28H,10,12H2,1H3. The van der Waals surface area contributed by atoms with Crippen LogP contribution in [0.15, 0.2) is 54.6 Å². The monoisotopic (exact) mass is 442 g/mol. The molecule has 7 heteroatoms. The molecule has 2 aromatic carbocycles. The summed E-state index contributed by atoms with van der Waals surface area (Å²) in [5.41, 5.74) is 3.56. The minimum absolute atomic E-state index is 0.256. The van der Waals surface area contributed by atoms with Gasteiger partial charge < -0.3 is 24.8 Å². The molecule has 1 aromatic heterocycles. The van der Waals surface area contributed by atoms with E-state index in [0.717, 1.165) is 26.4 Å². The van der Waals surface area contributed by atoms with Gasteiger partial charge in [-0.15, -0.1) is 11.3 Å². The highest BCUT2D eigenvalue weighted by Crippen LogP contribution is 2.46. The number of benzene rings is 2. The quantitative estimate of drug-likeness (QED) is 0.580. The Bertz CT molecular complexity index is 1100. The third-order valence-electron chi connectivity index (χ3n) is 6.07. The van der Waals surface area contributed by atoms with E-state index in [1.807, 2.05) is 24.3 Å². The molecule has 2 aliphatic heterocycles. The maximum Gasteiger partial charge on any atom is 0.225 e. The first-order chi connectivity index (χ1) is 14.9. The summed E-state index contributed by atoms with van der Waals surface area (Å²) in [5.74, 6) is -1.74. The van der Waals surface area contributed by atoms with Gasteiger partial charge in [-0.1, -0.05) is 24.3 Å². The number of aliphatic hydroxyl groups is 3. The molecule has 0 radical (unpaired) electrons. The van der Waals surface area contributed by atoms with Gasteiger partial charge in [-0.05, 0) is 53.9 Å². The van der Waals surface area contributed by atoms with E-state index in [1.165, 1.54) is 12.1 Å². The Kier molecular flexibility index (Phi) is 5.21. The Morgan fingerprint density at radius 2 is 1.81 bits per heavy atom. The van der Waals surface area contributed by atoms with Crippen LogP contribution in [0.2, 0.25) is 0 Å². The summed E-state index contributed by atoms with van der Waals surface area (Å²) in [7, 11) is 0. The van der Waals surface area contributed by atoms with Gasteiger partial charge in [-0.2, -0.15) is 0 Å². The van der Waals surface area contributed by atoms with Crippen LogP contribution in [-0.4, -0.2) is 39.7 Å². The minimum Gasteiger partial charge on any atom is -0.388 e. The number of rotatable bonds is 3. The van der Waals surface area contributed by atoms with Crippen LogP contribution in [0.3, 0.4) is 0 Å². The predicted molar refractivity (Wildman–Crippen MR) is 114 cm³/mol. The molecule has 2 aliphatic rings. The van der Waals surface area contributed by atoms with Crippen LogP contribution >= 0.6 is 11.3 Å². The van der Waals surface area contributed by atoms with Gasteiger partial charge in [0.15, 0.2) is 0 Å². The second-order valence-electron chi connectivity index (χ2n) is 8.15. The summed E-state index contributed by atoms with van der Waals surface area (Å²) in [4.78, 5) is 2.20. The lowest BCUT2D eigenvalue weighted by Crippen LogP contribution is -2.62. The van der Waals surface area contributed by atoms with Crippen molar-refractivity contribution in [1.82, 2.24) is 0 Å². The summed E-state index contributed by atoms with van der Waals surface area (Å²) in [6.45, 7) is 1.91. The second kappa shape index (κ2) is 7.78. The largest absolute Gasteiger partial charge is 0.388 e. The molecule has 31 heavy (non-hydrogen) atoms. The molecule has 5 nitrogen and oxygen atoms in total. The van der Waals surface area contributed by atoms with E-state index in [1.54, 1.807) is 30.4 Å². The molecule has 3 N–H and O–H groups in total. The average molecular weight is 443 g/mol. The predicted octanol–water partition coefficient (Wildman–Crippen LogP) is 3.33. The van der Waals surface area contributed by atoms with Crippen molar-refractivity contribution in [3.05, 3.63) is 82.0 Å². The Balaban J connectivity index is 1.42. The first kappa shape index (κ1) is 20.8. The van der Waals surface area contributed by atoms with E-state index in [-0.39, 0.29) is 12.4 Å². The van der Waals surface area contributed by atoms with Crippen molar-refractivity contribution in [3.63, 3.8) is 0 Å². The van der Waals surface area contributed by atoms with Gasteiger partial charge in [0.1, 0.15) is 24.1 Å². The number of thiophene rings is 1. The molecule has 1 fully saturated rings. The van der Waals surface area contributed by atoms with E-state index in [2.05, 4.69) is 6.07 Å². The lowest BCUT2D eigenvalue weighted by atomic mass is 9.87. The van der Waals surface area contributed by atoms with Crippen molar-refractivity contribution in [2.75, 3.05) is 0 Å². The third-order valence-corrected chi connectivity index (χ3v) is 7.20. The van der Waals surface area contributed by atoms with Crippen LogP contribution in [0.4, 0.5) is 4.39 Å². The van der Waals surface area contributed by atoms with Crippen molar-refractivity contribution in [3.8, 4) is 10.4 Å². The van der Waals surface area contributed by atoms with Gasteiger partial charge in [-0.25, -0.2) is 4.39 Å². The van der Waals surface area contributed by atoms with Crippen LogP contribution in [0.25, 0.3) is 10.4 Å². The summed E-state index contributed by atoms with van der Waals surface area (Å²) in [5, 5.41) is 31.1. The van der Waals surface area contributed by atoms with Crippen LogP contribution < -0.4 is 0 Å². The van der Waals surface area contributed by atoms with Crippen LogP contribution in [0.5, 0.6) is 0 Å². The molecule has 3 heterocycles. The number of hydrogen-bond donors (Lipinski definition) is 3. The number of hydrogen-bond acceptors (Lipinski definition) is 6. The number of ether oxygens (including phenoxy) is 2. The molecule has 0 bridgehead atoms. The van der Waals surface area contributed by atoms with Gasteiger partial charge in [0.2, 0.25) is 5.79 Å². The van der Waals surface area contributed by atoms with E-state index >= 15 is 0 Å². The molecule has 5 atom stereocenters. The molecule has 1 spiro atoms. The van der Waals surface area contributed by atoms with Gasteiger partial charge in [-0.3, -0.25) is 0 Å². The smallest absolute Gasteiger partial charge is 0.225 e. The minimum atomic E-state index is -1.49. The molecule has 0 amide bonds. The molecule has 0 aliphatic carbocycles. The van der Waals surface area contributed by atoms with E-state index in [9.17, 15) is 19.7 Å².